The molecule has 1 aromatic carbocycles. The molecule has 0 radical (unpaired) electrons. The van der Waals surface area contributed by atoms with Crippen LogP contribution in [0.5, 0.6) is 0 Å². The van der Waals surface area contributed by atoms with Gasteiger partial charge in [-0.2, -0.15) is 15.0 Å². The first-order valence-electron chi connectivity index (χ1n) is 5.88. The molecular weight excluding hydrogens is 274 g/mol. The number of hydrogen-bond donors (Lipinski definition) is 1. The maximum Gasteiger partial charge on any atom is 0.270 e. The average Bonchev–Trinajstić information content (AvgIpc) is 3.01. The van der Waals surface area contributed by atoms with E-state index >= 15 is 0 Å². The largest absolute Gasteiger partial charge is 0.368 e. The Labute approximate surface area is 118 Å². The molecular formula is C12H9N7O2. The third-order valence-electron chi connectivity index (χ3n) is 2.69. The molecule has 0 spiro atoms. The van der Waals surface area contributed by atoms with Crippen LogP contribution in [-0.4, -0.2) is 29.4 Å². The van der Waals surface area contributed by atoms with Gasteiger partial charge in [-0.3, -0.25) is 14.7 Å². The number of benzene rings is 1. The zero-order valence-electron chi connectivity index (χ0n) is 10.6. The van der Waals surface area contributed by atoms with Gasteiger partial charge in [0.25, 0.3) is 5.69 Å². The number of rotatable bonds is 3. The Kier molecular flexibility index (Phi) is 2.99. The molecule has 0 fully saturated rings. The Morgan fingerprint density at radius 1 is 1.24 bits per heavy atom. The third kappa shape index (κ3) is 2.52. The Balaban J connectivity index is 2.10. The van der Waals surface area contributed by atoms with Gasteiger partial charge in [-0.25, -0.2) is 4.98 Å². The second-order valence-electron chi connectivity index (χ2n) is 4.09. The van der Waals surface area contributed by atoms with Crippen LogP contribution in [0.25, 0.3) is 17.3 Å². The second-order valence-corrected chi connectivity index (χ2v) is 4.09. The SMILES string of the molecule is Nc1nc(-c2cccc([N+](=O)[O-])c2)nc(-n2ccnc2)n1. The Morgan fingerprint density at radius 2 is 2.10 bits per heavy atom. The zero-order chi connectivity index (χ0) is 14.8. The molecule has 0 unspecified atom stereocenters. The predicted molar refractivity (Wildman–Crippen MR) is 73.5 cm³/mol. The molecule has 3 rings (SSSR count). The second kappa shape index (κ2) is 4.96. The Morgan fingerprint density at radius 3 is 2.81 bits per heavy atom. The molecule has 21 heavy (non-hydrogen) atoms. The fourth-order valence-corrected chi connectivity index (χ4v) is 1.76. The van der Waals surface area contributed by atoms with Crippen LogP contribution in [0.3, 0.4) is 0 Å². The van der Waals surface area contributed by atoms with Gasteiger partial charge < -0.3 is 5.73 Å². The van der Waals surface area contributed by atoms with Crippen molar-refractivity contribution in [1.29, 1.82) is 0 Å². The number of nitrogen functional groups attached to an aromatic ring is 1. The van der Waals surface area contributed by atoms with Gasteiger partial charge in [-0.1, -0.05) is 12.1 Å². The maximum absolute atomic E-state index is 10.8. The molecule has 104 valence electrons. The van der Waals surface area contributed by atoms with Crippen LogP contribution in [0.1, 0.15) is 0 Å². The first-order chi connectivity index (χ1) is 10.1. The number of nitro benzene ring substituents is 1. The quantitative estimate of drug-likeness (QED) is 0.565. The van der Waals surface area contributed by atoms with E-state index in [1.54, 1.807) is 29.1 Å². The van der Waals surface area contributed by atoms with Crippen molar-refractivity contribution >= 4 is 11.6 Å². The Bertz CT molecular complexity index is 801. The summed E-state index contributed by atoms with van der Waals surface area (Å²) in [7, 11) is 0. The minimum absolute atomic E-state index is 0.0233. The van der Waals surface area contributed by atoms with E-state index in [1.807, 2.05) is 0 Å². The van der Waals surface area contributed by atoms with Crippen molar-refractivity contribution in [3.8, 4) is 17.3 Å². The van der Waals surface area contributed by atoms with Crippen molar-refractivity contribution in [3.63, 3.8) is 0 Å². The lowest BCUT2D eigenvalue weighted by Gasteiger charge is -2.05. The van der Waals surface area contributed by atoms with Gasteiger partial charge in [-0.05, 0) is 0 Å². The number of hydrogen-bond acceptors (Lipinski definition) is 7. The summed E-state index contributed by atoms with van der Waals surface area (Å²) in [6.07, 6.45) is 4.75. The summed E-state index contributed by atoms with van der Waals surface area (Å²) in [5.41, 5.74) is 6.11. The first-order valence-corrected chi connectivity index (χ1v) is 5.88. The van der Waals surface area contributed by atoms with Gasteiger partial charge in [0.2, 0.25) is 11.9 Å². The van der Waals surface area contributed by atoms with Crippen LogP contribution in [-0.2, 0) is 0 Å². The van der Waals surface area contributed by atoms with Gasteiger partial charge in [-0.15, -0.1) is 0 Å². The van der Waals surface area contributed by atoms with Crippen LogP contribution in [0.15, 0.2) is 43.0 Å². The summed E-state index contributed by atoms with van der Waals surface area (Å²) in [6, 6.07) is 6.00. The highest BCUT2D eigenvalue weighted by molar-refractivity contribution is 5.60. The standard InChI is InChI=1S/C12H9N7O2/c13-11-15-10(8-2-1-3-9(6-8)19(20)21)16-12(17-11)18-5-4-14-7-18/h1-7H,(H2,13,15,16,17). The molecule has 9 nitrogen and oxygen atoms in total. The monoisotopic (exact) mass is 283 g/mol. The highest BCUT2D eigenvalue weighted by Crippen LogP contribution is 2.21. The number of nitrogens with two attached hydrogens (primary N) is 1. The maximum atomic E-state index is 10.8. The molecule has 0 saturated carbocycles. The molecule has 0 bridgehead atoms. The molecule has 9 heteroatoms. The van der Waals surface area contributed by atoms with Crippen molar-refractivity contribution < 1.29 is 4.92 Å². The topological polar surface area (TPSA) is 126 Å². The normalized spacial score (nSPS) is 10.5. The van der Waals surface area contributed by atoms with Crippen molar-refractivity contribution in [2.75, 3.05) is 5.73 Å². The van der Waals surface area contributed by atoms with E-state index in [0.29, 0.717) is 11.5 Å². The van der Waals surface area contributed by atoms with Gasteiger partial charge in [0.1, 0.15) is 6.33 Å². The molecule has 0 aliphatic rings. The molecule has 0 aliphatic carbocycles. The fourth-order valence-electron chi connectivity index (χ4n) is 1.76. The summed E-state index contributed by atoms with van der Waals surface area (Å²) < 4.78 is 1.57. The predicted octanol–water partition coefficient (Wildman–Crippen LogP) is 1.21. The molecule has 0 atom stereocenters. The zero-order valence-corrected chi connectivity index (χ0v) is 10.6. The van der Waals surface area contributed by atoms with Crippen LogP contribution >= 0.6 is 0 Å². The summed E-state index contributed by atoms with van der Waals surface area (Å²) in [5.74, 6) is 0.576. The Hall–Kier alpha value is -3.36. The van der Waals surface area contributed by atoms with Crippen molar-refractivity contribution in [1.82, 2.24) is 24.5 Å². The lowest BCUT2D eigenvalue weighted by Crippen LogP contribution is -2.06. The highest BCUT2D eigenvalue weighted by Gasteiger charge is 2.12. The van der Waals surface area contributed by atoms with E-state index in [0.717, 1.165) is 0 Å². The van der Waals surface area contributed by atoms with E-state index in [-0.39, 0.29) is 17.5 Å². The van der Waals surface area contributed by atoms with Crippen molar-refractivity contribution in [3.05, 3.63) is 53.1 Å². The molecule has 2 N–H and O–H groups in total. The number of nitrogens with zero attached hydrogens (tertiary/aromatic N) is 6. The van der Waals surface area contributed by atoms with Crippen LogP contribution in [0.4, 0.5) is 11.6 Å². The van der Waals surface area contributed by atoms with Crippen LogP contribution in [0, 0.1) is 10.1 Å². The molecule has 3 aromatic rings. The molecule has 0 amide bonds. The summed E-state index contributed by atoms with van der Waals surface area (Å²) in [4.78, 5) is 26.5. The van der Waals surface area contributed by atoms with Gasteiger partial charge in [0, 0.05) is 30.1 Å². The van der Waals surface area contributed by atoms with Crippen LogP contribution < -0.4 is 5.73 Å². The first kappa shape index (κ1) is 12.7. The number of anilines is 1. The lowest BCUT2D eigenvalue weighted by atomic mass is 10.2. The van der Waals surface area contributed by atoms with Gasteiger partial charge >= 0.3 is 0 Å². The molecule has 2 aromatic heterocycles. The summed E-state index contributed by atoms with van der Waals surface area (Å²) in [5, 5.41) is 10.8. The third-order valence-corrected chi connectivity index (χ3v) is 2.69. The average molecular weight is 283 g/mol. The number of aromatic nitrogens is 5. The van der Waals surface area contributed by atoms with Crippen LogP contribution in [0.2, 0.25) is 0 Å². The van der Waals surface area contributed by atoms with E-state index < -0.39 is 4.92 Å². The van der Waals surface area contributed by atoms with E-state index in [1.165, 1.54) is 18.5 Å². The summed E-state index contributed by atoms with van der Waals surface area (Å²) in [6.45, 7) is 0. The fraction of sp³-hybridized carbons (Fsp3) is 0. The van der Waals surface area contributed by atoms with Gasteiger partial charge in [0.05, 0.1) is 4.92 Å². The number of non-ortho nitro benzene ring substituents is 1. The van der Waals surface area contributed by atoms with E-state index in [2.05, 4.69) is 19.9 Å². The minimum Gasteiger partial charge on any atom is -0.368 e. The number of nitro groups is 1. The minimum atomic E-state index is -0.481. The lowest BCUT2D eigenvalue weighted by molar-refractivity contribution is -0.384. The highest BCUT2D eigenvalue weighted by atomic mass is 16.6. The number of imidazole rings is 1. The van der Waals surface area contributed by atoms with E-state index in [4.69, 9.17) is 5.73 Å². The van der Waals surface area contributed by atoms with E-state index in [9.17, 15) is 10.1 Å². The smallest absolute Gasteiger partial charge is 0.270 e. The molecule has 0 aliphatic heterocycles. The van der Waals surface area contributed by atoms with Crippen molar-refractivity contribution in [2.45, 2.75) is 0 Å². The van der Waals surface area contributed by atoms with Crippen molar-refractivity contribution in [2.24, 2.45) is 0 Å². The molecule has 0 saturated heterocycles. The van der Waals surface area contributed by atoms with Gasteiger partial charge in [0.15, 0.2) is 5.82 Å². The summed E-state index contributed by atoms with van der Waals surface area (Å²) >= 11 is 0. The molecule has 2 heterocycles.